The van der Waals surface area contributed by atoms with Crippen LogP contribution in [0.1, 0.15) is 10.4 Å². The maximum Gasteiger partial charge on any atom is 0.256 e. The van der Waals surface area contributed by atoms with Gasteiger partial charge in [-0.3, -0.25) is 9.36 Å². The number of amides is 1. The van der Waals surface area contributed by atoms with Gasteiger partial charge in [-0.25, -0.2) is 9.97 Å². The lowest BCUT2D eigenvalue weighted by Crippen LogP contribution is -2.57. The van der Waals surface area contributed by atoms with Crippen molar-refractivity contribution in [1.82, 2.24) is 19.4 Å². The summed E-state index contributed by atoms with van der Waals surface area (Å²) in [4.78, 5) is 26.3. The lowest BCUT2D eigenvalue weighted by atomic mass is 10.1. The number of phenolic OH excluding ortho intramolecular Hbond substituents is 1. The molecule has 168 valence electrons. The van der Waals surface area contributed by atoms with E-state index >= 15 is 0 Å². The Morgan fingerprint density at radius 1 is 1.12 bits per heavy atom. The highest BCUT2D eigenvalue weighted by Crippen LogP contribution is 2.29. The lowest BCUT2D eigenvalue weighted by molar-refractivity contribution is 0.0726. The first kappa shape index (κ1) is 21.2. The largest absolute Gasteiger partial charge is 0.508 e. The maximum atomic E-state index is 13.6. The zero-order valence-corrected chi connectivity index (χ0v) is 18.6. The van der Waals surface area contributed by atoms with E-state index in [0.29, 0.717) is 42.7 Å². The molecule has 2 aromatic heterocycles. The Bertz CT molecular complexity index is 1290. The van der Waals surface area contributed by atoms with Gasteiger partial charge in [-0.05, 0) is 42.5 Å². The van der Waals surface area contributed by atoms with Crippen molar-refractivity contribution in [3.8, 4) is 11.7 Å². The average Bonchev–Trinajstić information content (AvgIpc) is 3.23. The summed E-state index contributed by atoms with van der Waals surface area (Å²) in [5.74, 6) is 0.623. The number of nitrogens with zero attached hydrogens (tertiary/aromatic N) is 5. The summed E-state index contributed by atoms with van der Waals surface area (Å²) in [6.07, 6.45) is 5.10. The van der Waals surface area contributed by atoms with E-state index in [2.05, 4.69) is 14.9 Å². The van der Waals surface area contributed by atoms with E-state index in [1.54, 1.807) is 47.4 Å². The van der Waals surface area contributed by atoms with E-state index in [4.69, 9.17) is 17.3 Å². The van der Waals surface area contributed by atoms with Crippen LogP contribution < -0.4 is 10.6 Å². The van der Waals surface area contributed by atoms with Crippen molar-refractivity contribution in [3.63, 3.8) is 0 Å². The van der Waals surface area contributed by atoms with Crippen molar-refractivity contribution in [3.05, 3.63) is 77.7 Å². The topological polar surface area (TPSA) is 101 Å². The summed E-state index contributed by atoms with van der Waals surface area (Å²) in [6.45, 7) is 2.10. The molecule has 5 rings (SSSR count). The van der Waals surface area contributed by atoms with E-state index in [1.807, 2.05) is 29.2 Å². The van der Waals surface area contributed by atoms with Crippen molar-refractivity contribution < 1.29 is 9.90 Å². The van der Waals surface area contributed by atoms with Crippen LogP contribution in [0.3, 0.4) is 0 Å². The molecule has 2 aromatic carbocycles. The molecule has 3 N–H and O–H groups in total. The van der Waals surface area contributed by atoms with E-state index in [0.717, 1.165) is 16.6 Å². The molecule has 1 unspecified atom stereocenters. The number of piperazine rings is 1. The molecule has 3 heterocycles. The summed E-state index contributed by atoms with van der Waals surface area (Å²) >= 11 is 6.25. The van der Waals surface area contributed by atoms with Gasteiger partial charge < -0.3 is 20.6 Å². The SMILES string of the molecule is NCC1CN(C(=O)c2cn(-c3ncccn3)c3cc(Cl)ccc23)CCN1c1ccc(O)cc1. The lowest BCUT2D eigenvalue weighted by Gasteiger charge is -2.42. The van der Waals surface area contributed by atoms with Crippen LogP contribution in [-0.4, -0.2) is 62.7 Å². The number of hydrogen-bond donors (Lipinski definition) is 2. The van der Waals surface area contributed by atoms with Crippen LogP contribution in [0.25, 0.3) is 16.9 Å². The molecular formula is C24H23ClN6O2. The second kappa shape index (κ2) is 8.73. The number of phenols is 1. The maximum absolute atomic E-state index is 13.6. The number of halogens is 1. The van der Waals surface area contributed by atoms with Crippen molar-refractivity contribution in [2.45, 2.75) is 6.04 Å². The quantitative estimate of drug-likeness (QED) is 0.483. The molecule has 0 radical (unpaired) electrons. The van der Waals surface area contributed by atoms with Gasteiger partial charge in [0.05, 0.1) is 17.1 Å². The monoisotopic (exact) mass is 462 g/mol. The number of anilines is 1. The summed E-state index contributed by atoms with van der Waals surface area (Å²) < 4.78 is 1.79. The standard InChI is InChI=1S/C24H23ClN6O2/c25-16-2-7-20-21(15-31(22(20)12-16)24-27-8-1-9-28-24)23(33)29-10-11-30(18(13-26)14-29)17-3-5-19(32)6-4-17/h1-9,12,15,18,32H,10-11,13-14,26H2. The van der Waals surface area contributed by atoms with Crippen molar-refractivity contribution >= 4 is 34.1 Å². The first-order valence-electron chi connectivity index (χ1n) is 10.7. The number of rotatable bonds is 4. The highest BCUT2D eigenvalue weighted by Gasteiger charge is 2.31. The smallest absolute Gasteiger partial charge is 0.256 e. The van der Waals surface area contributed by atoms with Crippen LogP contribution in [0.2, 0.25) is 5.02 Å². The number of aromatic hydroxyl groups is 1. The Kier molecular flexibility index (Phi) is 5.62. The van der Waals surface area contributed by atoms with Gasteiger partial charge in [0, 0.05) is 60.9 Å². The minimum absolute atomic E-state index is 0.0347. The highest BCUT2D eigenvalue weighted by molar-refractivity contribution is 6.31. The van der Waals surface area contributed by atoms with E-state index in [1.165, 1.54) is 0 Å². The third kappa shape index (κ3) is 3.99. The van der Waals surface area contributed by atoms with Crippen molar-refractivity contribution in [1.29, 1.82) is 0 Å². The average molecular weight is 463 g/mol. The summed E-state index contributed by atoms with van der Waals surface area (Å²) in [7, 11) is 0. The predicted molar refractivity (Wildman–Crippen MR) is 128 cm³/mol. The molecule has 1 amide bonds. The number of benzene rings is 2. The summed E-state index contributed by atoms with van der Waals surface area (Å²) in [6, 6.07) is 14.2. The van der Waals surface area contributed by atoms with Gasteiger partial charge in [0.1, 0.15) is 5.75 Å². The molecule has 0 aliphatic carbocycles. The summed E-state index contributed by atoms with van der Waals surface area (Å²) in [5.41, 5.74) is 8.41. The zero-order valence-electron chi connectivity index (χ0n) is 17.8. The van der Waals surface area contributed by atoms with Crippen LogP contribution in [0.4, 0.5) is 5.69 Å². The number of hydrogen-bond acceptors (Lipinski definition) is 6. The van der Waals surface area contributed by atoms with Crippen LogP contribution in [-0.2, 0) is 0 Å². The molecule has 1 aliphatic rings. The fourth-order valence-corrected chi connectivity index (χ4v) is 4.51. The molecule has 1 fully saturated rings. The second-order valence-electron chi connectivity index (χ2n) is 7.97. The zero-order chi connectivity index (χ0) is 22.9. The minimum Gasteiger partial charge on any atom is -0.508 e. The van der Waals surface area contributed by atoms with Crippen molar-refractivity contribution in [2.24, 2.45) is 5.73 Å². The van der Waals surface area contributed by atoms with Gasteiger partial charge in [-0.2, -0.15) is 0 Å². The molecule has 33 heavy (non-hydrogen) atoms. The number of aromatic nitrogens is 3. The molecule has 1 saturated heterocycles. The van der Waals surface area contributed by atoms with E-state index < -0.39 is 0 Å². The molecule has 0 bridgehead atoms. The third-order valence-electron chi connectivity index (χ3n) is 5.99. The van der Waals surface area contributed by atoms with Gasteiger partial charge in [0.15, 0.2) is 0 Å². The van der Waals surface area contributed by atoms with Crippen LogP contribution in [0, 0.1) is 0 Å². The predicted octanol–water partition coefficient (Wildman–Crippen LogP) is 3.07. The molecule has 0 spiro atoms. The van der Waals surface area contributed by atoms with Crippen LogP contribution >= 0.6 is 11.6 Å². The van der Waals surface area contributed by atoms with Gasteiger partial charge in [-0.1, -0.05) is 17.7 Å². The highest BCUT2D eigenvalue weighted by atomic mass is 35.5. The molecule has 1 aliphatic heterocycles. The molecule has 8 nitrogen and oxygen atoms in total. The van der Waals surface area contributed by atoms with Crippen LogP contribution in [0.5, 0.6) is 5.75 Å². The van der Waals surface area contributed by atoms with Gasteiger partial charge in [0.25, 0.3) is 5.91 Å². The van der Waals surface area contributed by atoms with Crippen molar-refractivity contribution in [2.75, 3.05) is 31.1 Å². The fraction of sp³-hybridized carbons (Fsp3) is 0.208. The Morgan fingerprint density at radius 2 is 1.88 bits per heavy atom. The Balaban J connectivity index is 1.46. The van der Waals surface area contributed by atoms with Gasteiger partial charge in [-0.15, -0.1) is 0 Å². The van der Waals surface area contributed by atoms with Crippen LogP contribution in [0.15, 0.2) is 67.1 Å². The van der Waals surface area contributed by atoms with Gasteiger partial charge >= 0.3 is 0 Å². The molecule has 4 aromatic rings. The normalized spacial score (nSPS) is 16.4. The molecule has 9 heteroatoms. The Labute approximate surface area is 195 Å². The Morgan fingerprint density at radius 3 is 2.61 bits per heavy atom. The molecular weight excluding hydrogens is 440 g/mol. The Hall–Kier alpha value is -3.62. The van der Waals surface area contributed by atoms with E-state index in [9.17, 15) is 9.90 Å². The third-order valence-corrected chi connectivity index (χ3v) is 6.22. The number of nitrogens with two attached hydrogens (primary N) is 1. The first-order chi connectivity index (χ1) is 16.0. The van der Waals surface area contributed by atoms with Gasteiger partial charge in [0.2, 0.25) is 5.95 Å². The number of fused-ring (bicyclic) bond motifs is 1. The van der Waals surface area contributed by atoms with E-state index in [-0.39, 0.29) is 17.7 Å². The minimum atomic E-state index is -0.0687. The number of carbonyl (C=O) groups is 1. The number of carbonyl (C=O) groups excluding carboxylic acids is 1. The summed E-state index contributed by atoms with van der Waals surface area (Å²) in [5, 5.41) is 11.0. The molecule has 0 saturated carbocycles. The molecule has 1 atom stereocenters. The first-order valence-corrected chi connectivity index (χ1v) is 11.1. The fourth-order valence-electron chi connectivity index (χ4n) is 4.35. The second-order valence-corrected chi connectivity index (χ2v) is 8.41.